The summed E-state index contributed by atoms with van der Waals surface area (Å²) in [6, 6.07) is 6.35. The maximum atomic E-state index is 12.2. The van der Waals surface area contributed by atoms with Gasteiger partial charge < -0.3 is 10.1 Å². The first kappa shape index (κ1) is 15.4. The number of methoxy groups -OCH3 is 1. The Balaban J connectivity index is 2.37. The third-order valence-electron chi connectivity index (χ3n) is 3.84. The summed E-state index contributed by atoms with van der Waals surface area (Å²) in [6.07, 6.45) is 3.63. The average Bonchev–Trinajstić information content (AvgIpc) is 2.86. The SMILES string of the molecule is CCn1ccn(Cc2cc(C(C)NC)ccc2OC)c1=O. The summed E-state index contributed by atoms with van der Waals surface area (Å²) in [5, 5.41) is 3.22. The summed E-state index contributed by atoms with van der Waals surface area (Å²) in [7, 11) is 3.58. The average molecular weight is 289 g/mol. The van der Waals surface area contributed by atoms with Crippen LogP contribution in [0.1, 0.15) is 31.0 Å². The van der Waals surface area contributed by atoms with Gasteiger partial charge in [-0.05, 0) is 38.6 Å². The molecule has 21 heavy (non-hydrogen) atoms. The molecule has 0 aliphatic rings. The molecule has 0 aliphatic heterocycles. The van der Waals surface area contributed by atoms with Crippen LogP contribution in [0.5, 0.6) is 5.75 Å². The van der Waals surface area contributed by atoms with E-state index < -0.39 is 0 Å². The van der Waals surface area contributed by atoms with Crippen molar-refractivity contribution in [1.29, 1.82) is 0 Å². The molecule has 0 saturated carbocycles. The number of ether oxygens (including phenoxy) is 1. The van der Waals surface area contributed by atoms with E-state index in [1.165, 1.54) is 5.56 Å². The Labute approximate surface area is 125 Å². The van der Waals surface area contributed by atoms with Crippen LogP contribution in [0.2, 0.25) is 0 Å². The van der Waals surface area contributed by atoms with Crippen LogP contribution < -0.4 is 15.7 Å². The van der Waals surface area contributed by atoms with Gasteiger partial charge >= 0.3 is 5.69 Å². The number of nitrogens with zero attached hydrogens (tertiary/aromatic N) is 2. The Kier molecular flexibility index (Phi) is 4.85. The van der Waals surface area contributed by atoms with Gasteiger partial charge in [-0.2, -0.15) is 0 Å². The van der Waals surface area contributed by atoms with E-state index in [1.807, 2.05) is 38.5 Å². The van der Waals surface area contributed by atoms with Crippen molar-refractivity contribution in [1.82, 2.24) is 14.5 Å². The molecule has 5 heteroatoms. The van der Waals surface area contributed by atoms with Crippen LogP contribution in [0.25, 0.3) is 0 Å². The molecule has 0 bridgehead atoms. The van der Waals surface area contributed by atoms with E-state index in [9.17, 15) is 4.79 Å². The van der Waals surface area contributed by atoms with Gasteiger partial charge in [-0.3, -0.25) is 9.13 Å². The van der Waals surface area contributed by atoms with E-state index in [2.05, 4.69) is 18.3 Å². The number of hydrogen-bond donors (Lipinski definition) is 1. The third-order valence-corrected chi connectivity index (χ3v) is 3.84. The monoisotopic (exact) mass is 289 g/mol. The second-order valence-electron chi connectivity index (χ2n) is 5.08. The van der Waals surface area contributed by atoms with Gasteiger partial charge in [0.05, 0.1) is 13.7 Å². The largest absolute Gasteiger partial charge is 0.496 e. The molecule has 1 heterocycles. The Hall–Kier alpha value is -2.01. The lowest BCUT2D eigenvalue weighted by atomic mass is 10.0. The van der Waals surface area contributed by atoms with Crippen molar-refractivity contribution in [2.24, 2.45) is 0 Å². The van der Waals surface area contributed by atoms with Crippen LogP contribution in [-0.2, 0) is 13.1 Å². The van der Waals surface area contributed by atoms with E-state index in [0.717, 1.165) is 11.3 Å². The topological polar surface area (TPSA) is 48.2 Å². The molecule has 1 aromatic carbocycles. The van der Waals surface area contributed by atoms with Crippen LogP contribution in [-0.4, -0.2) is 23.3 Å². The molecule has 0 spiro atoms. The second-order valence-corrected chi connectivity index (χ2v) is 5.08. The lowest BCUT2D eigenvalue weighted by Crippen LogP contribution is -2.24. The van der Waals surface area contributed by atoms with Gasteiger partial charge in [0.15, 0.2) is 0 Å². The van der Waals surface area contributed by atoms with Crippen molar-refractivity contribution in [3.63, 3.8) is 0 Å². The van der Waals surface area contributed by atoms with Gasteiger partial charge in [-0.15, -0.1) is 0 Å². The summed E-state index contributed by atoms with van der Waals surface area (Å²) in [6.45, 7) is 5.26. The highest BCUT2D eigenvalue weighted by Gasteiger charge is 2.10. The molecule has 1 unspecified atom stereocenters. The summed E-state index contributed by atoms with van der Waals surface area (Å²) in [4.78, 5) is 12.2. The minimum atomic E-state index is 0.00613. The van der Waals surface area contributed by atoms with E-state index in [-0.39, 0.29) is 11.7 Å². The predicted octanol–water partition coefficient (Wildman–Crippen LogP) is 2.01. The zero-order valence-corrected chi connectivity index (χ0v) is 13.1. The number of benzene rings is 1. The van der Waals surface area contributed by atoms with E-state index >= 15 is 0 Å². The first-order valence-corrected chi connectivity index (χ1v) is 7.20. The quantitative estimate of drug-likeness (QED) is 0.885. The van der Waals surface area contributed by atoms with Gasteiger partial charge in [0.2, 0.25) is 0 Å². The van der Waals surface area contributed by atoms with Crippen molar-refractivity contribution in [2.75, 3.05) is 14.2 Å². The van der Waals surface area contributed by atoms with E-state index in [4.69, 9.17) is 4.74 Å². The molecule has 2 aromatic rings. The number of imidazole rings is 1. The number of aryl methyl sites for hydroxylation is 1. The first-order valence-electron chi connectivity index (χ1n) is 7.20. The Bertz CT molecular complexity index is 658. The van der Waals surface area contributed by atoms with E-state index in [1.54, 1.807) is 16.2 Å². The molecular weight excluding hydrogens is 266 g/mol. The summed E-state index contributed by atoms with van der Waals surface area (Å²) >= 11 is 0. The fourth-order valence-electron chi connectivity index (χ4n) is 2.36. The normalized spacial score (nSPS) is 12.4. The van der Waals surface area contributed by atoms with Crippen molar-refractivity contribution in [3.05, 3.63) is 52.2 Å². The van der Waals surface area contributed by atoms with Crippen molar-refractivity contribution in [3.8, 4) is 5.75 Å². The molecule has 1 aromatic heterocycles. The lowest BCUT2D eigenvalue weighted by molar-refractivity contribution is 0.407. The number of nitrogens with one attached hydrogen (secondary N) is 1. The third kappa shape index (κ3) is 3.19. The molecule has 0 radical (unpaired) electrons. The number of rotatable bonds is 6. The summed E-state index contributed by atoms with van der Waals surface area (Å²) in [5.41, 5.74) is 2.19. The van der Waals surface area contributed by atoms with Gasteiger partial charge in [0, 0.05) is 30.5 Å². The second kappa shape index (κ2) is 6.63. The molecule has 0 saturated heterocycles. The molecule has 2 rings (SSSR count). The van der Waals surface area contributed by atoms with Crippen LogP contribution in [0.3, 0.4) is 0 Å². The van der Waals surface area contributed by atoms with Gasteiger partial charge in [0.1, 0.15) is 5.75 Å². The predicted molar refractivity (Wildman–Crippen MR) is 83.9 cm³/mol. The van der Waals surface area contributed by atoms with Gasteiger partial charge in [-0.25, -0.2) is 4.79 Å². The Morgan fingerprint density at radius 2 is 2.00 bits per heavy atom. The highest BCUT2D eigenvalue weighted by Crippen LogP contribution is 2.23. The van der Waals surface area contributed by atoms with Crippen LogP contribution in [0, 0.1) is 0 Å². The van der Waals surface area contributed by atoms with Crippen molar-refractivity contribution in [2.45, 2.75) is 33.0 Å². The maximum absolute atomic E-state index is 12.2. The Morgan fingerprint density at radius 3 is 2.57 bits per heavy atom. The molecule has 0 fully saturated rings. The summed E-state index contributed by atoms with van der Waals surface area (Å²) < 4.78 is 8.81. The molecule has 1 N–H and O–H groups in total. The van der Waals surface area contributed by atoms with Crippen molar-refractivity contribution >= 4 is 0 Å². The van der Waals surface area contributed by atoms with E-state index in [0.29, 0.717) is 13.1 Å². The first-order chi connectivity index (χ1) is 10.1. The molecule has 0 aliphatic carbocycles. The zero-order chi connectivity index (χ0) is 15.4. The minimum Gasteiger partial charge on any atom is -0.496 e. The molecule has 1 atom stereocenters. The standard InChI is InChI=1S/C16H23N3O2/c1-5-18-8-9-19(16(18)20)11-14-10-13(12(2)17-3)6-7-15(14)21-4/h6-10,12,17H,5,11H2,1-4H3. The number of aromatic nitrogens is 2. The van der Waals surface area contributed by atoms with Crippen LogP contribution in [0.4, 0.5) is 0 Å². The van der Waals surface area contributed by atoms with Crippen LogP contribution >= 0.6 is 0 Å². The highest BCUT2D eigenvalue weighted by atomic mass is 16.5. The molecular formula is C16H23N3O2. The highest BCUT2D eigenvalue weighted by molar-refractivity contribution is 5.38. The van der Waals surface area contributed by atoms with Gasteiger partial charge in [-0.1, -0.05) is 6.07 Å². The van der Waals surface area contributed by atoms with Crippen molar-refractivity contribution < 1.29 is 4.74 Å². The fourth-order valence-corrected chi connectivity index (χ4v) is 2.36. The Morgan fingerprint density at radius 1 is 1.29 bits per heavy atom. The minimum absolute atomic E-state index is 0.00613. The van der Waals surface area contributed by atoms with Crippen LogP contribution in [0.15, 0.2) is 35.4 Å². The zero-order valence-electron chi connectivity index (χ0n) is 13.1. The summed E-state index contributed by atoms with van der Waals surface area (Å²) in [5.74, 6) is 0.804. The smallest absolute Gasteiger partial charge is 0.328 e. The fraction of sp³-hybridized carbons (Fsp3) is 0.438. The lowest BCUT2D eigenvalue weighted by Gasteiger charge is -2.15. The molecule has 0 amide bonds. The molecule has 5 nitrogen and oxygen atoms in total. The number of hydrogen-bond acceptors (Lipinski definition) is 3. The molecule has 114 valence electrons. The maximum Gasteiger partial charge on any atom is 0.328 e. The van der Waals surface area contributed by atoms with Gasteiger partial charge in [0.25, 0.3) is 0 Å².